The average Bonchev–Trinajstić information content (AvgIpc) is 2.80. The van der Waals surface area contributed by atoms with Crippen LogP contribution in [0.1, 0.15) is 39.0 Å². The minimum atomic E-state index is -0.715. The smallest absolute Gasteiger partial charge is 0.254 e. The topological polar surface area (TPSA) is 71.5 Å². The second-order valence-corrected chi connectivity index (χ2v) is 7.71. The number of carbonyl (C=O) groups excluding carboxylic acids is 2. The number of fused-ring (bicyclic) bond motifs is 1. The van der Waals surface area contributed by atoms with E-state index in [4.69, 9.17) is 4.74 Å². The Labute approximate surface area is 186 Å². The first-order valence-electron chi connectivity index (χ1n) is 10.4. The van der Waals surface area contributed by atoms with Gasteiger partial charge in [-0.15, -0.1) is 0 Å². The first-order chi connectivity index (χ1) is 15.5. The summed E-state index contributed by atoms with van der Waals surface area (Å²) in [7, 11) is 1.56. The standard InChI is InChI=1S/C25H24FN3O3/c1-16-6-5-13-27-23(16)28-24(30)21-19-7-3-4-8-20(19)25(31)29(14-15-32-2)22(21)17-9-11-18(26)12-10-17/h3-13,21-22H,14-15H2,1-2H3,(H,27,28,30). The molecule has 0 spiro atoms. The number of nitrogens with zero attached hydrogens (tertiary/aromatic N) is 2. The van der Waals surface area contributed by atoms with Crippen molar-refractivity contribution < 1.29 is 18.7 Å². The van der Waals surface area contributed by atoms with Crippen molar-refractivity contribution >= 4 is 17.6 Å². The van der Waals surface area contributed by atoms with Crippen molar-refractivity contribution in [2.24, 2.45) is 0 Å². The van der Waals surface area contributed by atoms with Gasteiger partial charge in [0.25, 0.3) is 5.91 Å². The zero-order valence-corrected chi connectivity index (χ0v) is 17.9. The van der Waals surface area contributed by atoms with E-state index in [0.717, 1.165) is 5.56 Å². The number of carbonyl (C=O) groups is 2. The Kier molecular flexibility index (Phi) is 6.28. The predicted octanol–water partition coefficient (Wildman–Crippen LogP) is 4.09. The van der Waals surface area contributed by atoms with Gasteiger partial charge in [-0.05, 0) is 47.9 Å². The fraction of sp³-hybridized carbons (Fsp3) is 0.240. The molecule has 1 aliphatic heterocycles. The molecule has 2 atom stereocenters. The Balaban J connectivity index is 1.84. The molecule has 0 radical (unpaired) electrons. The fourth-order valence-electron chi connectivity index (χ4n) is 4.15. The van der Waals surface area contributed by atoms with Gasteiger partial charge in [0, 0.05) is 25.4 Å². The molecule has 0 bridgehead atoms. The largest absolute Gasteiger partial charge is 0.383 e. The third-order valence-corrected chi connectivity index (χ3v) is 5.72. The molecule has 1 N–H and O–H groups in total. The van der Waals surface area contributed by atoms with Crippen molar-refractivity contribution in [1.82, 2.24) is 9.88 Å². The van der Waals surface area contributed by atoms with E-state index < -0.39 is 12.0 Å². The summed E-state index contributed by atoms with van der Waals surface area (Å²) in [4.78, 5) is 33.0. The molecule has 164 valence electrons. The predicted molar refractivity (Wildman–Crippen MR) is 119 cm³/mol. The number of nitrogens with one attached hydrogen (secondary N) is 1. The van der Waals surface area contributed by atoms with E-state index >= 15 is 0 Å². The molecular formula is C25H24FN3O3. The van der Waals surface area contributed by atoms with E-state index in [1.54, 1.807) is 54.6 Å². The summed E-state index contributed by atoms with van der Waals surface area (Å²) in [5.41, 5.74) is 2.60. The quantitative estimate of drug-likeness (QED) is 0.636. The van der Waals surface area contributed by atoms with Crippen LogP contribution >= 0.6 is 0 Å². The number of halogens is 1. The van der Waals surface area contributed by atoms with E-state index in [0.29, 0.717) is 29.1 Å². The van der Waals surface area contributed by atoms with Gasteiger partial charge in [-0.2, -0.15) is 0 Å². The summed E-state index contributed by atoms with van der Waals surface area (Å²) in [6.45, 7) is 2.46. The normalized spacial score (nSPS) is 17.7. The zero-order chi connectivity index (χ0) is 22.7. The number of hydrogen-bond acceptors (Lipinski definition) is 4. The average molecular weight is 433 g/mol. The number of pyridine rings is 1. The van der Waals surface area contributed by atoms with Gasteiger partial charge in [0.2, 0.25) is 5.91 Å². The van der Waals surface area contributed by atoms with E-state index in [2.05, 4.69) is 10.3 Å². The number of aryl methyl sites for hydroxylation is 1. The second kappa shape index (κ2) is 9.28. The monoisotopic (exact) mass is 433 g/mol. The van der Waals surface area contributed by atoms with Gasteiger partial charge in [-0.3, -0.25) is 9.59 Å². The van der Waals surface area contributed by atoms with Crippen LogP contribution in [0.25, 0.3) is 0 Å². The molecule has 0 saturated heterocycles. The highest BCUT2D eigenvalue weighted by molar-refractivity contribution is 6.04. The highest BCUT2D eigenvalue weighted by Crippen LogP contribution is 2.43. The van der Waals surface area contributed by atoms with Gasteiger partial charge in [0.15, 0.2) is 0 Å². The summed E-state index contributed by atoms with van der Waals surface area (Å²) in [6, 6.07) is 16.1. The Hall–Kier alpha value is -3.58. The number of benzene rings is 2. The molecule has 2 aromatic carbocycles. The van der Waals surface area contributed by atoms with Crippen LogP contribution in [0.3, 0.4) is 0 Å². The van der Waals surface area contributed by atoms with E-state index in [-0.39, 0.29) is 24.2 Å². The highest BCUT2D eigenvalue weighted by Gasteiger charge is 2.44. The van der Waals surface area contributed by atoms with Crippen molar-refractivity contribution in [1.29, 1.82) is 0 Å². The fourth-order valence-corrected chi connectivity index (χ4v) is 4.15. The Bertz CT molecular complexity index is 1130. The molecule has 2 amide bonds. The van der Waals surface area contributed by atoms with Crippen LogP contribution in [0.2, 0.25) is 0 Å². The summed E-state index contributed by atoms with van der Waals surface area (Å²) in [5.74, 6) is -1.11. The van der Waals surface area contributed by atoms with Crippen molar-refractivity contribution in [3.8, 4) is 0 Å². The van der Waals surface area contributed by atoms with Crippen molar-refractivity contribution in [2.45, 2.75) is 18.9 Å². The van der Waals surface area contributed by atoms with Crippen LogP contribution in [-0.2, 0) is 9.53 Å². The minimum absolute atomic E-state index is 0.190. The maximum Gasteiger partial charge on any atom is 0.254 e. The first-order valence-corrected chi connectivity index (χ1v) is 10.4. The second-order valence-electron chi connectivity index (χ2n) is 7.71. The van der Waals surface area contributed by atoms with Gasteiger partial charge in [-0.25, -0.2) is 9.37 Å². The van der Waals surface area contributed by atoms with Crippen LogP contribution in [0.5, 0.6) is 0 Å². The number of anilines is 1. The summed E-state index contributed by atoms with van der Waals surface area (Å²) < 4.78 is 18.9. The molecule has 1 aromatic heterocycles. The lowest BCUT2D eigenvalue weighted by molar-refractivity contribution is -0.119. The minimum Gasteiger partial charge on any atom is -0.383 e. The lowest BCUT2D eigenvalue weighted by Crippen LogP contribution is -2.47. The van der Waals surface area contributed by atoms with Gasteiger partial charge < -0.3 is 15.0 Å². The highest BCUT2D eigenvalue weighted by atomic mass is 19.1. The zero-order valence-electron chi connectivity index (χ0n) is 17.9. The number of aromatic nitrogens is 1. The van der Waals surface area contributed by atoms with Crippen LogP contribution in [0.15, 0.2) is 66.9 Å². The molecule has 0 fully saturated rings. The van der Waals surface area contributed by atoms with E-state index in [9.17, 15) is 14.0 Å². The van der Waals surface area contributed by atoms with Gasteiger partial charge in [-0.1, -0.05) is 36.4 Å². The van der Waals surface area contributed by atoms with Gasteiger partial charge in [0.1, 0.15) is 11.6 Å². The Morgan fingerprint density at radius 1 is 1.12 bits per heavy atom. The number of amides is 2. The molecule has 4 rings (SSSR count). The molecule has 6 nitrogen and oxygen atoms in total. The summed E-state index contributed by atoms with van der Waals surface area (Å²) >= 11 is 0. The lowest BCUT2D eigenvalue weighted by Gasteiger charge is -2.41. The van der Waals surface area contributed by atoms with Crippen molar-refractivity contribution in [3.05, 3.63) is 94.9 Å². The molecular weight excluding hydrogens is 409 g/mol. The van der Waals surface area contributed by atoms with E-state index in [1.165, 1.54) is 12.1 Å². The summed E-state index contributed by atoms with van der Waals surface area (Å²) in [6.07, 6.45) is 1.61. The van der Waals surface area contributed by atoms with Crippen LogP contribution in [-0.4, -0.2) is 42.0 Å². The number of ether oxygens (including phenoxy) is 1. The summed E-state index contributed by atoms with van der Waals surface area (Å²) in [5, 5.41) is 2.93. The number of methoxy groups -OCH3 is 1. The number of hydrogen-bond donors (Lipinski definition) is 1. The van der Waals surface area contributed by atoms with Crippen LogP contribution < -0.4 is 5.32 Å². The molecule has 7 heteroatoms. The number of rotatable bonds is 6. The lowest BCUT2D eigenvalue weighted by atomic mass is 9.79. The molecule has 2 heterocycles. The van der Waals surface area contributed by atoms with E-state index in [1.807, 2.05) is 19.1 Å². The van der Waals surface area contributed by atoms with Crippen molar-refractivity contribution in [3.63, 3.8) is 0 Å². The molecule has 0 saturated carbocycles. The first kappa shape index (κ1) is 21.6. The van der Waals surface area contributed by atoms with Gasteiger partial charge >= 0.3 is 0 Å². The molecule has 1 aliphatic rings. The molecule has 32 heavy (non-hydrogen) atoms. The van der Waals surface area contributed by atoms with Gasteiger partial charge in [0.05, 0.1) is 18.6 Å². The maximum atomic E-state index is 13.7. The maximum absolute atomic E-state index is 13.7. The SMILES string of the molecule is COCCN1C(=O)c2ccccc2C(C(=O)Nc2ncccc2C)C1c1ccc(F)cc1. The Morgan fingerprint density at radius 2 is 1.88 bits per heavy atom. The molecule has 3 aromatic rings. The third kappa shape index (κ3) is 4.11. The third-order valence-electron chi connectivity index (χ3n) is 5.72. The van der Waals surface area contributed by atoms with Crippen molar-refractivity contribution in [2.75, 3.05) is 25.6 Å². The van der Waals surface area contributed by atoms with Crippen LogP contribution in [0.4, 0.5) is 10.2 Å². The Morgan fingerprint density at radius 3 is 2.59 bits per heavy atom. The molecule has 2 unspecified atom stereocenters. The van der Waals surface area contributed by atoms with Crippen LogP contribution in [0, 0.1) is 12.7 Å². The molecule has 0 aliphatic carbocycles.